The van der Waals surface area contributed by atoms with Crippen molar-refractivity contribution in [3.8, 4) is 34.1 Å². The highest BCUT2D eigenvalue weighted by atomic mass is 79.9. The van der Waals surface area contributed by atoms with Crippen LogP contribution in [0.25, 0.3) is 11.1 Å². The van der Waals surface area contributed by atoms with Gasteiger partial charge in [0.2, 0.25) is 0 Å². The minimum absolute atomic E-state index is 0.541. The van der Waals surface area contributed by atoms with Gasteiger partial charge in [-0.1, -0.05) is 108 Å². The summed E-state index contributed by atoms with van der Waals surface area (Å²) in [5, 5.41) is 0. The van der Waals surface area contributed by atoms with E-state index in [4.69, 9.17) is 14.2 Å². The van der Waals surface area contributed by atoms with Crippen molar-refractivity contribution in [2.45, 2.75) is 70.6 Å². The van der Waals surface area contributed by atoms with E-state index in [1.165, 1.54) is 60.8 Å². The van der Waals surface area contributed by atoms with E-state index in [0.29, 0.717) is 13.2 Å². The highest BCUT2D eigenvalue weighted by Gasteiger charge is 2.51. The molecule has 1 aliphatic heterocycles. The van der Waals surface area contributed by atoms with Crippen LogP contribution < -0.4 is 14.2 Å². The van der Waals surface area contributed by atoms with E-state index >= 15 is 0 Å². The third kappa shape index (κ3) is 5.39. The number of hydrogen-bond acceptors (Lipinski definition) is 3. The summed E-state index contributed by atoms with van der Waals surface area (Å²) in [4.78, 5) is 0. The molecule has 0 aromatic heterocycles. The Morgan fingerprint density at radius 3 is 1.48 bits per heavy atom. The van der Waals surface area contributed by atoms with Gasteiger partial charge in [0, 0.05) is 32.2 Å². The largest absolute Gasteiger partial charge is 0.493 e. The van der Waals surface area contributed by atoms with Crippen LogP contribution in [-0.4, -0.2) is 13.2 Å². The van der Waals surface area contributed by atoms with Gasteiger partial charge in [-0.3, -0.25) is 0 Å². The summed E-state index contributed by atoms with van der Waals surface area (Å²) in [7, 11) is 0. The van der Waals surface area contributed by atoms with E-state index in [0.717, 1.165) is 55.9 Å². The summed E-state index contributed by atoms with van der Waals surface area (Å²) in [6.07, 6.45) is 9.40. The maximum absolute atomic E-state index is 6.74. The van der Waals surface area contributed by atoms with Gasteiger partial charge in [0.1, 0.15) is 23.0 Å². The van der Waals surface area contributed by atoms with Gasteiger partial charge in [0.25, 0.3) is 0 Å². The van der Waals surface area contributed by atoms with Crippen molar-refractivity contribution in [3.05, 3.63) is 104 Å². The van der Waals surface area contributed by atoms with Gasteiger partial charge in [0.15, 0.2) is 0 Å². The fourth-order valence-electron chi connectivity index (χ4n) is 6.52. The third-order valence-electron chi connectivity index (χ3n) is 8.53. The molecule has 2 aliphatic rings. The smallest absolute Gasteiger partial charge is 0.135 e. The topological polar surface area (TPSA) is 27.7 Å². The molecule has 0 bridgehead atoms. The summed E-state index contributed by atoms with van der Waals surface area (Å²) in [6, 6.07) is 26.1. The number of hydrogen-bond donors (Lipinski definition) is 0. The van der Waals surface area contributed by atoms with Crippen LogP contribution in [-0.2, 0) is 5.41 Å². The second-order valence-electron chi connectivity index (χ2n) is 11.4. The van der Waals surface area contributed by atoms with Crippen LogP contribution >= 0.6 is 31.9 Å². The molecule has 0 radical (unpaired) electrons. The van der Waals surface area contributed by atoms with Crippen LogP contribution in [0.2, 0.25) is 0 Å². The van der Waals surface area contributed by atoms with E-state index in [1.54, 1.807) is 0 Å². The van der Waals surface area contributed by atoms with E-state index < -0.39 is 5.41 Å². The third-order valence-corrected chi connectivity index (χ3v) is 9.52. The van der Waals surface area contributed by atoms with E-state index in [-0.39, 0.29) is 0 Å². The quantitative estimate of drug-likeness (QED) is 0.120. The molecule has 1 heterocycles. The minimum atomic E-state index is -0.541. The van der Waals surface area contributed by atoms with Gasteiger partial charge < -0.3 is 14.2 Å². The lowest BCUT2D eigenvalue weighted by molar-refractivity contribution is 0.300. The van der Waals surface area contributed by atoms with Crippen molar-refractivity contribution in [2.24, 2.45) is 0 Å². The number of rotatable bonds is 12. The second kappa shape index (κ2) is 12.9. The second-order valence-corrected chi connectivity index (χ2v) is 13.2. The predicted octanol–water partition coefficient (Wildman–Crippen LogP) is 11.6. The van der Waals surface area contributed by atoms with Crippen LogP contribution in [0.1, 0.15) is 87.5 Å². The standard InChI is InChI=1S/C37H38Br2O3/c1-3-5-7-9-19-40-27-13-17-31-35(23-27)42-36-24-28(41-20-10-8-6-4-2)14-18-32(36)37(31)33-21-25(38)11-15-29(33)30-16-12-26(39)22-34(30)37/h11-18,21-24H,3-10,19-20H2,1-2H3. The summed E-state index contributed by atoms with van der Waals surface area (Å²) in [6.45, 7) is 5.88. The van der Waals surface area contributed by atoms with E-state index in [2.05, 4.69) is 119 Å². The normalized spacial score (nSPS) is 13.6. The lowest BCUT2D eigenvalue weighted by Crippen LogP contribution is -2.32. The van der Waals surface area contributed by atoms with Crippen molar-refractivity contribution in [1.82, 2.24) is 0 Å². The van der Waals surface area contributed by atoms with Gasteiger partial charge in [0.05, 0.1) is 18.6 Å². The average molecular weight is 691 g/mol. The van der Waals surface area contributed by atoms with E-state index in [9.17, 15) is 0 Å². The zero-order valence-corrected chi connectivity index (χ0v) is 27.7. The summed E-state index contributed by atoms with van der Waals surface area (Å²) in [5.41, 5.74) is 6.68. The molecular weight excluding hydrogens is 652 g/mol. The molecule has 0 saturated carbocycles. The molecule has 0 N–H and O–H groups in total. The maximum atomic E-state index is 6.74. The molecule has 4 aromatic rings. The van der Waals surface area contributed by atoms with Crippen LogP contribution in [0.3, 0.4) is 0 Å². The fraction of sp³-hybridized carbons (Fsp3) is 0.351. The average Bonchev–Trinajstić information content (AvgIpc) is 3.26. The molecule has 218 valence electrons. The zero-order valence-electron chi connectivity index (χ0n) is 24.5. The Bertz CT molecular complexity index is 1460. The van der Waals surface area contributed by atoms with Gasteiger partial charge in [-0.05, 0) is 71.5 Å². The molecule has 0 fully saturated rings. The number of fused-ring (bicyclic) bond motifs is 9. The predicted molar refractivity (Wildman–Crippen MR) is 178 cm³/mol. The summed E-state index contributed by atoms with van der Waals surface area (Å²) >= 11 is 7.58. The first-order valence-corrected chi connectivity index (χ1v) is 17.0. The van der Waals surface area contributed by atoms with Crippen molar-refractivity contribution in [1.29, 1.82) is 0 Å². The number of benzene rings is 4. The molecule has 3 nitrogen and oxygen atoms in total. The molecule has 1 aliphatic carbocycles. The van der Waals surface area contributed by atoms with Crippen LogP contribution in [0.15, 0.2) is 81.7 Å². The monoisotopic (exact) mass is 688 g/mol. The zero-order chi connectivity index (χ0) is 29.1. The maximum Gasteiger partial charge on any atom is 0.135 e. The molecule has 6 rings (SSSR count). The molecule has 42 heavy (non-hydrogen) atoms. The fourth-order valence-corrected chi connectivity index (χ4v) is 7.25. The van der Waals surface area contributed by atoms with Gasteiger partial charge in [-0.25, -0.2) is 0 Å². The van der Waals surface area contributed by atoms with Crippen LogP contribution in [0.5, 0.6) is 23.0 Å². The highest BCUT2D eigenvalue weighted by Crippen LogP contribution is 2.63. The van der Waals surface area contributed by atoms with Crippen molar-refractivity contribution in [2.75, 3.05) is 13.2 Å². The summed E-state index contributed by atoms with van der Waals surface area (Å²) < 4.78 is 21.3. The van der Waals surface area contributed by atoms with Crippen molar-refractivity contribution >= 4 is 31.9 Å². The first kappa shape index (κ1) is 29.3. The minimum Gasteiger partial charge on any atom is -0.493 e. The molecule has 4 aromatic carbocycles. The first-order chi connectivity index (χ1) is 20.6. The SMILES string of the molecule is CCCCCCOc1ccc2c(c1)Oc1cc(OCCCCCC)ccc1C21c2cc(Br)ccc2-c2ccc(Br)cc21. The number of halogens is 2. The Labute approximate surface area is 266 Å². The molecule has 0 amide bonds. The molecule has 0 saturated heterocycles. The Morgan fingerprint density at radius 1 is 0.548 bits per heavy atom. The van der Waals surface area contributed by atoms with Crippen LogP contribution in [0.4, 0.5) is 0 Å². The number of ether oxygens (including phenoxy) is 3. The molecule has 5 heteroatoms. The Balaban J connectivity index is 1.47. The van der Waals surface area contributed by atoms with Gasteiger partial charge in [-0.15, -0.1) is 0 Å². The molecule has 0 atom stereocenters. The molecule has 0 unspecified atom stereocenters. The first-order valence-electron chi connectivity index (χ1n) is 15.4. The molecular formula is C37H38Br2O3. The number of unbranched alkanes of at least 4 members (excludes halogenated alkanes) is 6. The van der Waals surface area contributed by atoms with Crippen molar-refractivity contribution in [3.63, 3.8) is 0 Å². The Hall–Kier alpha value is -2.76. The van der Waals surface area contributed by atoms with Gasteiger partial charge in [-0.2, -0.15) is 0 Å². The lowest BCUT2D eigenvalue weighted by atomic mass is 9.66. The van der Waals surface area contributed by atoms with Crippen LogP contribution in [0, 0.1) is 0 Å². The Kier molecular flexibility index (Phi) is 8.97. The molecule has 1 spiro atoms. The van der Waals surface area contributed by atoms with E-state index in [1.807, 2.05) is 0 Å². The Morgan fingerprint density at radius 2 is 1.02 bits per heavy atom. The van der Waals surface area contributed by atoms with Gasteiger partial charge >= 0.3 is 0 Å². The lowest BCUT2D eigenvalue weighted by Gasteiger charge is -2.39. The summed E-state index contributed by atoms with van der Waals surface area (Å²) in [5.74, 6) is 3.34. The highest BCUT2D eigenvalue weighted by molar-refractivity contribution is 9.10. The van der Waals surface area contributed by atoms with Crippen molar-refractivity contribution < 1.29 is 14.2 Å².